The SMILES string of the molecule is COC(=O)/C(=C/c1cc2ccccc2cn1)NC(=O)OCc1ccccc1. The maximum absolute atomic E-state index is 12.0. The van der Waals surface area contributed by atoms with Crippen LogP contribution in [0.5, 0.6) is 0 Å². The Balaban J connectivity index is 1.75. The molecule has 0 aliphatic carbocycles. The van der Waals surface area contributed by atoms with E-state index in [1.807, 2.05) is 60.7 Å². The third-order valence-electron chi connectivity index (χ3n) is 3.80. The van der Waals surface area contributed by atoms with Crippen molar-refractivity contribution in [2.24, 2.45) is 0 Å². The van der Waals surface area contributed by atoms with Crippen LogP contribution in [0.25, 0.3) is 16.8 Å². The summed E-state index contributed by atoms with van der Waals surface area (Å²) in [5.41, 5.74) is 1.29. The zero-order valence-corrected chi connectivity index (χ0v) is 14.7. The molecule has 6 heteroatoms. The Hall–Kier alpha value is -3.67. The molecule has 1 amide bonds. The quantitative estimate of drug-likeness (QED) is 0.553. The Labute approximate surface area is 156 Å². The molecule has 3 rings (SSSR count). The van der Waals surface area contributed by atoms with Gasteiger partial charge in [-0.3, -0.25) is 10.3 Å². The molecule has 0 atom stereocenters. The highest BCUT2D eigenvalue weighted by molar-refractivity contribution is 5.97. The number of hydrogen-bond donors (Lipinski definition) is 1. The van der Waals surface area contributed by atoms with Gasteiger partial charge in [-0.15, -0.1) is 0 Å². The lowest BCUT2D eigenvalue weighted by molar-refractivity contribution is -0.136. The number of hydrogen-bond acceptors (Lipinski definition) is 5. The van der Waals surface area contributed by atoms with E-state index < -0.39 is 12.1 Å². The minimum atomic E-state index is -0.753. The van der Waals surface area contributed by atoms with Gasteiger partial charge in [-0.05, 0) is 23.1 Å². The molecule has 0 unspecified atom stereocenters. The van der Waals surface area contributed by atoms with E-state index in [-0.39, 0.29) is 12.3 Å². The normalized spacial score (nSPS) is 11.1. The average Bonchev–Trinajstić information content (AvgIpc) is 2.72. The minimum Gasteiger partial charge on any atom is -0.464 e. The first-order valence-corrected chi connectivity index (χ1v) is 8.28. The molecule has 3 aromatic rings. The first-order chi connectivity index (χ1) is 13.2. The number of benzene rings is 2. The summed E-state index contributed by atoms with van der Waals surface area (Å²) in [5.74, 6) is -0.693. The summed E-state index contributed by atoms with van der Waals surface area (Å²) in [6.07, 6.45) is 2.39. The number of nitrogens with one attached hydrogen (secondary N) is 1. The van der Waals surface area contributed by atoms with Gasteiger partial charge in [0.05, 0.1) is 12.8 Å². The van der Waals surface area contributed by atoms with Crippen molar-refractivity contribution in [1.29, 1.82) is 0 Å². The van der Waals surface area contributed by atoms with Crippen LogP contribution in [0, 0.1) is 0 Å². The van der Waals surface area contributed by atoms with Crippen molar-refractivity contribution in [2.75, 3.05) is 7.11 Å². The van der Waals surface area contributed by atoms with Crippen LogP contribution in [0.15, 0.2) is 72.6 Å². The lowest BCUT2D eigenvalue weighted by atomic mass is 10.1. The minimum absolute atomic E-state index is 0.0571. The standard InChI is InChI=1S/C21H18N2O4/c1-26-20(24)19(23-21(25)27-14-15-7-3-2-4-8-15)12-18-11-16-9-5-6-10-17(16)13-22-18/h2-13H,14H2,1H3,(H,23,25)/b19-12-. The number of esters is 1. The number of fused-ring (bicyclic) bond motifs is 1. The lowest BCUT2D eigenvalue weighted by Gasteiger charge is -2.09. The molecule has 0 fully saturated rings. The molecular formula is C21H18N2O4. The molecule has 0 aliphatic heterocycles. The molecule has 1 heterocycles. The molecule has 1 N–H and O–H groups in total. The second kappa shape index (κ2) is 8.62. The van der Waals surface area contributed by atoms with Gasteiger partial charge in [-0.1, -0.05) is 54.6 Å². The van der Waals surface area contributed by atoms with Crippen molar-refractivity contribution in [2.45, 2.75) is 6.61 Å². The van der Waals surface area contributed by atoms with E-state index in [4.69, 9.17) is 9.47 Å². The summed E-state index contributed by atoms with van der Waals surface area (Å²) in [6, 6.07) is 18.8. The van der Waals surface area contributed by atoms with Gasteiger partial charge in [0, 0.05) is 11.6 Å². The van der Waals surface area contributed by atoms with Gasteiger partial charge < -0.3 is 9.47 Å². The molecule has 1 aromatic heterocycles. The number of alkyl carbamates (subject to hydrolysis) is 1. The van der Waals surface area contributed by atoms with Crippen molar-refractivity contribution in [3.8, 4) is 0 Å². The number of ether oxygens (including phenoxy) is 2. The number of rotatable bonds is 5. The van der Waals surface area contributed by atoms with Crippen molar-refractivity contribution in [3.05, 3.63) is 83.8 Å². The van der Waals surface area contributed by atoms with E-state index in [1.165, 1.54) is 13.2 Å². The summed E-state index contributed by atoms with van der Waals surface area (Å²) in [7, 11) is 1.24. The largest absolute Gasteiger partial charge is 0.464 e. The number of nitrogens with zero attached hydrogens (tertiary/aromatic N) is 1. The number of amides is 1. The number of aromatic nitrogens is 1. The first-order valence-electron chi connectivity index (χ1n) is 8.28. The maximum Gasteiger partial charge on any atom is 0.412 e. The topological polar surface area (TPSA) is 77.5 Å². The third kappa shape index (κ3) is 4.92. The van der Waals surface area contributed by atoms with E-state index in [1.54, 1.807) is 6.20 Å². The van der Waals surface area contributed by atoms with Crippen molar-refractivity contribution in [3.63, 3.8) is 0 Å². The smallest absolute Gasteiger partial charge is 0.412 e. The van der Waals surface area contributed by atoms with Crippen molar-refractivity contribution in [1.82, 2.24) is 10.3 Å². The van der Waals surface area contributed by atoms with E-state index in [9.17, 15) is 9.59 Å². The molecule has 0 spiro atoms. The Kier molecular flexibility index (Phi) is 5.79. The molecule has 0 saturated carbocycles. The van der Waals surface area contributed by atoms with Crippen LogP contribution < -0.4 is 5.32 Å². The fraction of sp³-hybridized carbons (Fsp3) is 0.0952. The monoisotopic (exact) mass is 362 g/mol. The Morgan fingerprint density at radius 3 is 2.48 bits per heavy atom. The van der Waals surface area contributed by atoms with Crippen molar-refractivity contribution >= 4 is 28.9 Å². The zero-order chi connectivity index (χ0) is 19.1. The fourth-order valence-corrected chi connectivity index (χ4v) is 2.45. The zero-order valence-electron chi connectivity index (χ0n) is 14.7. The number of methoxy groups -OCH3 is 1. The lowest BCUT2D eigenvalue weighted by Crippen LogP contribution is -2.28. The van der Waals surface area contributed by atoms with Gasteiger partial charge >= 0.3 is 12.1 Å². The van der Waals surface area contributed by atoms with Gasteiger partial charge in [0.2, 0.25) is 0 Å². The average molecular weight is 362 g/mol. The number of carbonyl (C=O) groups excluding carboxylic acids is 2. The number of carbonyl (C=O) groups is 2. The van der Waals surface area contributed by atoms with E-state index >= 15 is 0 Å². The Morgan fingerprint density at radius 2 is 1.74 bits per heavy atom. The predicted molar refractivity (Wildman–Crippen MR) is 101 cm³/mol. The molecule has 27 heavy (non-hydrogen) atoms. The highest BCUT2D eigenvalue weighted by atomic mass is 16.6. The van der Waals surface area contributed by atoms with Crippen LogP contribution in [0.1, 0.15) is 11.3 Å². The Morgan fingerprint density at radius 1 is 1.04 bits per heavy atom. The fourth-order valence-electron chi connectivity index (χ4n) is 2.45. The number of pyridine rings is 1. The van der Waals surface area contributed by atoms with Crippen LogP contribution in [0.3, 0.4) is 0 Å². The molecule has 0 saturated heterocycles. The summed E-state index contributed by atoms with van der Waals surface area (Å²) in [4.78, 5) is 28.3. The highest BCUT2D eigenvalue weighted by Gasteiger charge is 2.15. The van der Waals surface area contributed by atoms with Crippen molar-refractivity contribution < 1.29 is 19.1 Å². The van der Waals surface area contributed by atoms with Crippen LogP contribution in [0.4, 0.5) is 4.79 Å². The summed E-state index contributed by atoms with van der Waals surface area (Å²) in [5, 5.41) is 4.36. The van der Waals surface area contributed by atoms with Crippen LogP contribution in [0.2, 0.25) is 0 Å². The maximum atomic E-state index is 12.0. The van der Waals surface area contributed by atoms with Crippen LogP contribution in [-0.4, -0.2) is 24.2 Å². The van der Waals surface area contributed by atoms with E-state index in [0.717, 1.165) is 16.3 Å². The third-order valence-corrected chi connectivity index (χ3v) is 3.80. The van der Waals surface area contributed by atoms with E-state index in [2.05, 4.69) is 10.3 Å². The van der Waals surface area contributed by atoms with Gasteiger partial charge in [0.1, 0.15) is 12.3 Å². The summed E-state index contributed by atoms with van der Waals surface area (Å²) < 4.78 is 9.87. The van der Waals surface area contributed by atoms with Crippen LogP contribution in [-0.2, 0) is 20.9 Å². The molecule has 136 valence electrons. The molecule has 6 nitrogen and oxygen atoms in total. The van der Waals surface area contributed by atoms with Gasteiger partial charge in [-0.25, -0.2) is 9.59 Å². The molecule has 0 radical (unpaired) electrons. The van der Waals surface area contributed by atoms with Gasteiger partial charge in [-0.2, -0.15) is 0 Å². The molecule has 0 aliphatic rings. The predicted octanol–water partition coefficient (Wildman–Crippen LogP) is 3.68. The first kappa shape index (κ1) is 18.1. The molecule has 2 aromatic carbocycles. The van der Waals surface area contributed by atoms with Gasteiger partial charge in [0.25, 0.3) is 0 Å². The Bertz CT molecular complexity index is 984. The van der Waals surface area contributed by atoms with Gasteiger partial charge in [0.15, 0.2) is 0 Å². The summed E-state index contributed by atoms with van der Waals surface area (Å²) >= 11 is 0. The molecular weight excluding hydrogens is 344 g/mol. The molecule has 0 bridgehead atoms. The second-order valence-corrected chi connectivity index (χ2v) is 5.69. The highest BCUT2D eigenvalue weighted by Crippen LogP contribution is 2.15. The van der Waals surface area contributed by atoms with E-state index in [0.29, 0.717) is 5.69 Å². The summed E-state index contributed by atoms with van der Waals surface area (Å²) in [6.45, 7) is 0.0926. The van der Waals surface area contributed by atoms with Crippen LogP contribution >= 0.6 is 0 Å². The second-order valence-electron chi connectivity index (χ2n) is 5.69.